The molecule has 0 aromatic carbocycles. The lowest BCUT2D eigenvalue weighted by atomic mass is 9.86. The van der Waals surface area contributed by atoms with Crippen molar-refractivity contribution in [3.05, 3.63) is 41.6 Å². The number of aromatic amines is 1. The predicted molar refractivity (Wildman–Crippen MR) is 73.8 cm³/mol. The third-order valence-corrected chi connectivity index (χ3v) is 3.04. The van der Waals surface area contributed by atoms with Gasteiger partial charge in [0.1, 0.15) is 23.4 Å². The summed E-state index contributed by atoms with van der Waals surface area (Å²) in [5, 5.41) is 12.2. The van der Waals surface area contributed by atoms with Gasteiger partial charge >= 0.3 is 0 Å². The van der Waals surface area contributed by atoms with Crippen molar-refractivity contribution in [3.63, 3.8) is 0 Å². The first kappa shape index (κ1) is 13.1. The van der Waals surface area contributed by atoms with E-state index in [4.69, 9.17) is 5.26 Å². The summed E-state index contributed by atoms with van der Waals surface area (Å²) >= 11 is 0. The highest BCUT2D eigenvalue weighted by Crippen LogP contribution is 2.23. The molecule has 0 saturated heterocycles. The van der Waals surface area contributed by atoms with Gasteiger partial charge in [0.2, 0.25) is 0 Å². The van der Waals surface area contributed by atoms with Crippen LogP contribution in [0.1, 0.15) is 30.9 Å². The molecule has 5 nitrogen and oxygen atoms in total. The fraction of sp³-hybridized carbons (Fsp3) is 0.357. The Balaban J connectivity index is 2.11. The van der Waals surface area contributed by atoms with Gasteiger partial charge in [-0.25, -0.2) is 9.97 Å². The number of hydrogen-bond donors (Lipinski definition) is 2. The molecule has 0 atom stereocenters. The number of aryl methyl sites for hydroxylation is 1. The lowest BCUT2D eigenvalue weighted by molar-refractivity contribution is 0.556. The van der Waals surface area contributed by atoms with Gasteiger partial charge in [0.25, 0.3) is 0 Å². The highest BCUT2D eigenvalue weighted by molar-refractivity contribution is 5.41. The molecule has 5 heteroatoms. The third kappa shape index (κ3) is 3.10. The first-order valence-electron chi connectivity index (χ1n) is 6.14. The fourth-order valence-corrected chi connectivity index (χ4v) is 1.87. The van der Waals surface area contributed by atoms with Crippen LogP contribution in [-0.2, 0) is 5.41 Å². The molecule has 0 saturated carbocycles. The van der Waals surface area contributed by atoms with Gasteiger partial charge in [-0.05, 0) is 18.6 Å². The second-order valence-electron chi connectivity index (χ2n) is 5.13. The number of aromatic nitrogens is 3. The van der Waals surface area contributed by atoms with E-state index < -0.39 is 0 Å². The molecule has 0 spiro atoms. The number of nitrogens with one attached hydrogen (secondary N) is 2. The predicted octanol–water partition coefficient (Wildman–Crippen LogP) is 2.37. The molecule has 2 heterocycles. The van der Waals surface area contributed by atoms with E-state index in [2.05, 4.69) is 40.2 Å². The van der Waals surface area contributed by atoms with Crippen molar-refractivity contribution < 1.29 is 0 Å². The summed E-state index contributed by atoms with van der Waals surface area (Å²) in [7, 11) is 0. The van der Waals surface area contributed by atoms with E-state index >= 15 is 0 Å². The Labute approximate surface area is 112 Å². The van der Waals surface area contributed by atoms with Gasteiger partial charge in [0.05, 0.1) is 0 Å². The minimum atomic E-state index is -0.0222. The first-order chi connectivity index (χ1) is 9.01. The lowest BCUT2D eigenvalue weighted by Crippen LogP contribution is -2.27. The molecular formula is C14H17N5. The summed E-state index contributed by atoms with van der Waals surface area (Å²) in [6, 6.07) is 5.77. The summed E-state index contributed by atoms with van der Waals surface area (Å²) in [5.41, 5.74) is 1.59. The zero-order valence-corrected chi connectivity index (χ0v) is 11.4. The van der Waals surface area contributed by atoms with Crippen molar-refractivity contribution in [2.45, 2.75) is 26.2 Å². The molecule has 19 heavy (non-hydrogen) atoms. The number of nitrogens with zero attached hydrogens (tertiary/aromatic N) is 3. The Morgan fingerprint density at radius 1 is 1.42 bits per heavy atom. The largest absolute Gasteiger partial charge is 0.369 e. The van der Waals surface area contributed by atoms with Crippen LogP contribution in [0.2, 0.25) is 0 Å². The Morgan fingerprint density at radius 2 is 2.21 bits per heavy atom. The standard InChI is InChI=1S/C14H17N5/c1-10-18-12(7-15)6-13(19-10)17-9-14(2,3)11-4-5-16-8-11/h4-6,8,16H,9H2,1-3H3,(H,17,18,19). The highest BCUT2D eigenvalue weighted by Gasteiger charge is 2.21. The topological polar surface area (TPSA) is 77.4 Å². The molecule has 98 valence electrons. The third-order valence-electron chi connectivity index (χ3n) is 3.04. The smallest absolute Gasteiger partial charge is 0.146 e. The highest BCUT2D eigenvalue weighted by atomic mass is 15.0. The zero-order valence-electron chi connectivity index (χ0n) is 11.4. The molecule has 2 aromatic rings. The van der Waals surface area contributed by atoms with E-state index in [1.165, 1.54) is 5.56 Å². The average molecular weight is 255 g/mol. The van der Waals surface area contributed by atoms with E-state index in [0.29, 0.717) is 17.3 Å². The van der Waals surface area contributed by atoms with Crippen molar-refractivity contribution in [1.82, 2.24) is 15.0 Å². The summed E-state index contributed by atoms with van der Waals surface area (Å²) < 4.78 is 0. The van der Waals surface area contributed by atoms with E-state index in [0.717, 1.165) is 6.54 Å². The summed E-state index contributed by atoms with van der Waals surface area (Å²) in [4.78, 5) is 11.4. The molecule has 2 aromatic heterocycles. The maximum atomic E-state index is 8.89. The monoisotopic (exact) mass is 255 g/mol. The minimum absolute atomic E-state index is 0.0222. The number of H-pyrrole nitrogens is 1. The van der Waals surface area contributed by atoms with Gasteiger partial charge in [0.15, 0.2) is 0 Å². The van der Waals surface area contributed by atoms with Gasteiger partial charge in [-0.15, -0.1) is 0 Å². The molecule has 0 unspecified atom stereocenters. The van der Waals surface area contributed by atoms with Gasteiger partial charge in [-0.1, -0.05) is 13.8 Å². The van der Waals surface area contributed by atoms with Crippen molar-refractivity contribution in [3.8, 4) is 6.07 Å². The van der Waals surface area contributed by atoms with Crippen LogP contribution in [-0.4, -0.2) is 21.5 Å². The van der Waals surface area contributed by atoms with E-state index in [1.54, 1.807) is 13.0 Å². The second kappa shape index (κ2) is 5.11. The van der Waals surface area contributed by atoms with Crippen LogP contribution in [0.3, 0.4) is 0 Å². The maximum absolute atomic E-state index is 8.89. The molecule has 0 radical (unpaired) electrons. The van der Waals surface area contributed by atoms with E-state index in [1.807, 2.05) is 18.5 Å². The number of rotatable bonds is 4. The van der Waals surface area contributed by atoms with E-state index in [9.17, 15) is 0 Å². The Hall–Kier alpha value is -2.35. The zero-order chi connectivity index (χ0) is 13.9. The summed E-state index contributed by atoms with van der Waals surface area (Å²) in [6.07, 6.45) is 3.91. The van der Waals surface area contributed by atoms with Crippen LogP contribution in [0.15, 0.2) is 24.5 Å². The van der Waals surface area contributed by atoms with Crippen molar-refractivity contribution in [2.75, 3.05) is 11.9 Å². The van der Waals surface area contributed by atoms with Gasteiger partial charge in [0, 0.05) is 30.4 Å². The Bertz CT molecular complexity index is 593. The van der Waals surface area contributed by atoms with Crippen LogP contribution in [0.4, 0.5) is 5.82 Å². The van der Waals surface area contributed by atoms with Crippen LogP contribution >= 0.6 is 0 Å². The number of nitriles is 1. The Morgan fingerprint density at radius 3 is 2.84 bits per heavy atom. The molecule has 0 aliphatic rings. The van der Waals surface area contributed by atoms with Crippen molar-refractivity contribution in [1.29, 1.82) is 5.26 Å². The SMILES string of the molecule is Cc1nc(C#N)cc(NCC(C)(C)c2cc[nH]c2)n1. The molecule has 0 bridgehead atoms. The second-order valence-corrected chi connectivity index (χ2v) is 5.13. The molecule has 0 aliphatic carbocycles. The number of anilines is 1. The maximum Gasteiger partial charge on any atom is 0.146 e. The van der Waals surface area contributed by atoms with Crippen LogP contribution in [0.5, 0.6) is 0 Å². The first-order valence-corrected chi connectivity index (χ1v) is 6.14. The molecule has 0 aliphatic heterocycles. The van der Waals surface area contributed by atoms with Gasteiger partial charge < -0.3 is 10.3 Å². The fourth-order valence-electron chi connectivity index (χ4n) is 1.87. The van der Waals surface area contributed by atoms with Crippen LogP contribution < -0.4 is 5.32 Å². The lowest BCUT2D eigenvalue weighted by Gasteiger charge is -2.24. The summed E-state index contributed by atoms with van der Waals surface area (Å²) in [6.45, 7) is 6.82. The average Bonchev–Trinajstić information content (AvgIpc) is 2.90. The van der Waals surface area contributed by atoms with Gasteiger partial charge in [-0.3, -0.25) is 0 Å². The van der Waals surface area contributed by atoms with Crippen molar-refractivity contribution >= 4 is 5.82 Å². The molecule has 0 amide bonds. The normalized spacial score (nSPS) is 11.1. The minimum Gasteiger partial charge on any atom is -0.369 e. The molecule has 2 N–H and O–H groups in total. The quantitative estimate of drug-likeness (QED) is 0.879. The Kier molecular flexibility index (Phi) is 3.52. The van der Waals surface area contributed by atoms with Crippen LogP contribution in [0.25, 0.3) is 0 Å². The molecule has 0 fully saturated rings. The molecule has 2 rings (SSSR count). The van der Waals surface area contributed by atoms with Crippen molar-refractivity contribution in [2.24, 2.45) is 0 Å². The molecular weight excluding hydrogens is 238 g/mol. The van der Waals surface area contributed by atoms with E-state index in [-0.39, 0.29) is 5.41 Å². The van der Waals surface area contributed by atoms with Gasteiger partial charge in [-0.2, -0.15) is 5.26 Å². The summed E-state index contributed by atoms with van der Waals surface area (Å²) in [5.74, 6) is 1.29. The number of hydrogen-bond acceptors (Lipinski definition) is 4. The van der Waals surface area contributed by atoms with Crippen LogP contribution in [0, 0.1) is 18.3 Å².